The molecule has 1 heterocycles. The van der Waals surface area contributed by atoms with Crippen molar-refractivity contribution < 1.29 is 36.6 Å². The molecular formula is C27H34F4N6O4S. The van der Waals surface area contributed by atoms with Crippen molar-refractivity contribution >= 4 is 28.9 Å². The number of likely N-dealkylation sites (N-methyl/N-ethyl adjacent to an activating group) is 1. The minimum Gasteiger partial charge on any atom is -0.490 e. The van der Waals surface area contributed by atoms with Crippen molar-refractivity contribution in [1.82, 2.24) is 26.0 Å². The number of hydrogen-bond donors (Lipinski definition) is 4. The third kappa shape index (κ3) is 9.86. The number of anilines is 1. The third-order valence-corrected chi connectivity index (χ3v) is 7.03. The molecule has 42 heavy (non-hydrogen) atoms. The van der Waals surface area contributed by atoms with Crippen LogP contribution in [0.5, 0.6) is 17.2 Å². The standard InChI is InChI=1S/C27H34F4N6O4S/c1-36-9-11-37(12-10-36)33-17-32-25(38)23-15-21(7-8-24(23)39-16-28)40-20-6-5-19(13-20)35-26(42)34-18-3-2-4-22(14-18)41-27(29,30)31/h2-4,7-8,14-15,19-20,33H,5-6,9-13,16-17H2,1H3,(H,32,38)(H2,34,35,42). The van der Waals surface area contributed by atoms with Crippen LogP contribution in [0, 0.1) is 0 Å². The molecule has 4 rings (SSSR count). The van der Waals surface area contributed by atoms with Gasteiger partial charge in [-0.05, 0) is 62.4 Å². The summed E-state index contributed by atoms with van der Waals surface area (Å²) in [6.45, 7) is 2.62. The number of thiocarbonyl (C=S) groups is 1. The number of hydrazine groups is 1. The van der Waals surface area contributed by atoms with Crippen molar-refractivity contribution in [2.75, 3.05) is 52.1 Å². The summed E-state index contributed by atoms with van der Waals surface area (Å²) in [7, 11) is 2.05. The molecule has 1 amide bonds. The van der Waals surface area contributed by atoms with Crippen molar-refractivity contribution in [2.45, 2.75) is 37.8 Å². The van der Waals surface area contributed by atoms with Gasteiger partial charge in [-0.25, -0.2) is 14.8 Å². The average molecular weight is 615 g/mol. The highest BCUT2D eigenvalue weighted by Crippen LogP contribution is 2.29. The zero-order chi connectivity index (χ0) is 30.1. The molecule has 0 bridgehead atoms. The molecule has 0 aromatic heterocycles. The van der Waals surface area contributed by atoms with Crippen LogP contribution in [-0.2, 0) is 0 Å². The Balaban J connectivity index is 1.27. The largest absolute Gasteiger partial charge is 0.573 e. The molecule has 1 aliphatic heterocycles. The number of carbonyl (C=O) groups is 1. The lowest BCUT2D eigenvalue weighted by Crippen LogP contribution is -2.53. The van der Waals surface area contributed by atoms with Crippen molar-refractivity contribution in [3.8, 4) is 17.2 Å². The van der Waals surface area contributed by atoms with Crippen LogP contribution in [0.25, 0.3) is 0 Å². The van der Waals surface area contributed by atoms with Crippen LogP contribution in [0.2, 0.25) is 0 Å². The Morgan fingerprint density at radius 1 is 1.07 bits per heavy atom. The quantitative estimate of drug-likeness (QED) is 0.171. The number of nitrogens with zero attached hydrogens (tertiary/aromatic N) is 2. The van der Waals surface area contributed by atoms with Gasteiger partial charge in [0.25, 0.3) is 5.91 Å². The van der Waals surface area contributed by atoms with E-state index >= 15 is 0 Å². The topological polar surface area (TPSA) is 99.4 Å². The summed E-state index contributed by atoms with van der Waals surface area (Å²) in [6.07, 6.45) is -2.94. The summed E-state index contributed by atoms with van der Waals surface area (Å²) >= 11 is 5.34. The second-order valence-electron chi connectivity index (χ2n) is 9.97. The van der Waals surface area contributed by atoms with E-state index < -0.39 is 19.1 Å². The minimum absolute atomic E-state index is 0.0397. The molecule has 2 aromatic carbocycles. The number of amides is 1. The molecule has 0 radical (unpaired) electrons. The summed E-state index contributed by atoms with van der Waals surface area (Å²) < 4.78 is 65.5. The van der Waals surface area contributed by atoms with Crippen LogP contribution in [0.3, 0.4) is 0 Å². The molecule has 4 N–H and O–H groups in total. The Hall–Kier alpha value is -3.40. The van der Waals surface area contributed by atoms with Gasteiger partial charge in [-0.15, -0.1) is 13.2 Å². The number of piperazine rings is 1. The lowest BCUT2D eigenvalue weighted by atomic mass is 10.1. The molecule has 2 aromatic rings. The van der Waals surface area contributed by atoms with Gasteiger partial charge in [0.2, 0.25) is 6.86 Å². The summed E-state index contributed by atoms with van der Waals surface area (Å²) in [4.78, 5) is 15.1. The predicted octanol–water partition coefficient (Wildman–Crippen LogP) is 3.62. The molecule has 2 fully saturated rings. The maximum Gasteiger partial charge on any atom is 0.573 e. The normalized spacial score (nSPS) is 19.6. The van der Waals surface area contributed by atoms with Crippen LogP contribution in [0.4, 0.5) is 23.2 Å². The van der Waals surface area contributed by atoms with Crippen LogP contribution in [0.1, 0.15) is 29.6 Å². The molecule has 15 heteroatoms. The number of halogens is 4. The molecule has 2 aliphatic rings. The number of nitrogens with one attached hydrogen (secondary N) is 4. The fourth-order valence-corrected chi connectivity index (χ4v) is 5.01. The van der Waals surface area contributed by atoms with E-state index in [0.717, 1.165) is 32.6 Å². The van der Waals surface area contributed by atoms with E-state index in [1.54, 1.807) is 12.1 Å². The highest BCUT2D eigenvalue weighted by molar-refractivity contribution is 7.80. The van der Waals surface area contributed by atoms with Gasteiger partial charge in [-0.1, -0.05) is 6.07 Å². The van der Waals surface area contributed by atoms with Crippen molar-refractivity contribution in [1.29, 1.82) is 0 Å². The number of alkyl halides is 4. The van der Waals surface area contributed by atoms with Gasteiger partial charge in [-0.2, -0.15) is 0 Å². The predicted molar refractivity (Wildman–Crippen MR) is 152 cm³/mol. The lowest BCUT2D eigenvalue weighted by Gasteiger charge is -2.32. The minimum atomic E-state index is -4.79. The van der Waals surface area contributed by atoms with Gasteiger partial charge < -0.3 is 35.1 Å². The molecule has 2 unspecified atom stereocenters. The summed E-state index contributed by atoms with van der Waals surface area (Å²) in [6, 6.07) is 10.0. The first kappa shape index (κ1) is 31.5. The molecule has 1 saturated heterocycles. The summed E-state index contributed by atoms with van der Waals surface area (Å²) in [5, 5.41) is 11.1. The second kappa shape index (κ2) is 14.7. The Morgan fingerprint density at radius 3 is 2.60 bits per heavy atom. The van der Waals surface area contributed by atoms with E-state index in [1.807, 2.05) is 5.01 Å². The second-order valence-corrected chi connectivity index (χ2v) is 10.4. The van der Waals surface area contributed by atoms with Crippen molar-refractivity contribution in [3.63, 3.8) is 0 Å². The van der Waals surface area contributed by atoms with Gasteiger partial charge in [0, 0.05) is 50.4 Å². The van der Waals surface area contributed by atoms with Gasteiger partial charge in [-0.3, -0.25) is 4.79 Å². The molecule has 230 valence electrons. The van der Waals surface area contributed by atoms with Gasteiger partial charge >= 0.3 is 6.36 Å². The van der Waals surface area contributed by atoms with Crippen molar-refractivity contribution in [3.05, 3.63) is 48.0 Å². The zero-order valence-corrected chi connectivity index (χ0v) is 23.8. The maximum absolute atomic E-state index is 13.0. The van der Waals surface area contributed by atoms with Crippen LogP contribution in [-0.4, -0.2) is 86.2 Å². The first-order valence-electron chi connectivity index (χ1n) is 13.5. The van der Waals surface area contributed by atoms with E-state index in [1.165, 1.54) is 30.3 Å². The smallest absolute Gasteiger partial charge is 0.490 e. The fraction of sp³-hybridized carbons (Fsp3) is 0.481. The van der Waals surface area contributed by atoms with Crippen LogP contribution in [0.15, 0.2) is 42.5 Å². The Kier molecular flexibility index (Phi) is 11.0. The van der Waals surface area contributed by atoms with Crippen LogP contribution >= 0.6 is 12.2 Å². The Labute approximate surface area is 246 Å². The average Bonchev–Trinajstić information content (AvgIpc) is 3.36. The lowest BCUT2D eigenvalue weighted by molar-refractivity contribution is -0.274. The van der Waals surface area contributed by atoms with E-state index in [0.29, 0.717) is 24.3 Å². The number of hydrogen-bond acceptors (Lipinski definition) is 8. The van der Waals surface area contributed by atoms with Crippen molar-refractivity contribution in [2.24, 2.45) is 0 Å². The SMILES string of the molecule is CN1CCN(NCNC(=O)c2cc(OC3CCC(NC(=S)Nc4cccc(OC(F)(F)F)c4)C3)ccc2OCF)CC1. The number of carbonyl (C=O) groups excluding carboxylic acids is 1. The van der Waals surface area contributed by atoms with Gasteiger partial charge in [0.1, 0.15) is 23.4 Å². The Bertz CT molecular complexity index is 1220. The van der Waals surface area contributed by atoms with E-state index in [2.05, 4.69) is 38.1 Å². The zero-order valence-electron chi connectivity index (χ0n) is 23.0. The highest BCUT2D eigenvalue weighted by atomic mass is 32.1. The third-order valence-electron chi connectivity index (χ3n) is 6.81. The molecule has 2 atom stereocenters. The molecule has 1 saturated carbocycles. The maximum atomic E-state index is 13.0. The fourth-order valence-electron chi connectivity index (χ4n) is 4.73. The van der Waals surface area contributed by atoms with Crippen LogP contribution < -0.4 is 35.6 Å². The summed E-state index contributed by atoms with van der Waals surface area (Å²) in [5.74, 6) is -0.246. The van der Waals surface area contributed by atoms with E-state index in [4.69, 9.17) is 21.7 Å². The van der Waals surface area contributed by atoms with Gasteiger partial charge in [0.15, 0.2) is 5.11 Å². The van der Waals surface area contributed by atoms with E-state index in [-0.39, 0.29) is 41.0 Å². The molecule has 0 spiro atoms. The van der Waals surface area contributed by atoms with Gasteiger partial charge in [0.05, 0.1) is 12.2 Å². The Morgan fingerprint density at radius 2 is 1.86 bits per heavy atom. The first-order chi connectivity index (χ1) is 20.1. The molecular weight excluding hydrogens is 580 g/mol. The van der Waals surface area contributed by atoms with E-state index in [9.17, 15) is 22.4 Å². The highest BCUT2D eigenvalue weighted by Gasteiger charge is 2.31. The molecule has 10 nitrogen and oxygen atoms in total. The first-order valence-corrected chi connectivity index (χ1v) is 13.9. The number of ether oxygens (including phenoxy) is 3. The molecule has 1 aliphatic carbocycles. The number of rotatable bonds is 11. The monoisotopic (exact) mass is 614 g/mol. The summed E-state index contributed by atoms with van der Waals surface area (Å²) in [5.41, 5.74) is 3.67. The number of benzene rings is 2.